The Labute approximate surface area is 295 Å². The Morgan fingerprint density at radius 1 is 0.540 bits per heavy atom. The highest BCUT2D eigenvalue weighted by Crippen LogP contribution is 2.38. The Morgan fingerprint density at radius 2 is 1.14 bits per heavy atom. The number of aromatic nitrogens is 4. The van der Waals surface area contributed by atoms with E-state index in [2.05, 4.69) is 99.4 Å². The van der Waals surface area contributed by atoms with E-state index in [1.807, 2.05) is 79.1 Å². The van der Waals surface area contributed by atoms with E-state index in [4.69, 9.17) is 15.0 Å². The molecule has 0 unspecified atom stereocenters. The summed E-state index contributed by atoms with van der Waals surface area (Å²) in [4.78, 5) is 19.5. The number of nitrogens with zero attached hydrogens (tertiary/aromatic N) is 4. The molecule has 0 N–H and O–H groups in total. The van der Waals surface area contributed by atoms with Crippen molar-refractivity contribution in [1.29, 1.82) is 0 Å². The average Bonchev–Trinajstić information content (AvgIpc) is 3.18. The summed E-state index contributed by atoms with van der Waals surface area (Å²) in [5.41, 5.74) is 12.4. The van der Waals surface area contributed by atoms with Crippen LogP contribution in [0.15, 0.2) is 134 Å². The van der Waals surface area contributed by atoms with Crippen molar-refractivity contribution >= 4 is 22.9 Å². The fourth-order valence-electron chi connectivity index (χ4n) is 6.74. The zero-order valence-corrected chi connectivity index (χ0v) is 29.1. The fraction of sp³-hybridized carbons (Fsp3) is 0.130. The molecule has 0 bridgehead atoms. The monoisotopic (exact) mass is 648 g/mol. The molecule has 0 aliphatic heterocycles. The number of hydrogen-bond donors (Lipinski definition) is 0. The molecule has 50 heavy (non-hydrogen) atoms. The Bertz CT molecular complexity index is 2280. The van der Waals surface area contributed by atoms with Crippen LogP contribution in [0.25, 0.3) is 79.3 Å². The smallest absolute Gasteiger partial charge is 0.164 e. The third-order valence-electron chi connectivity index (χ3n) is 9.21. The van der Waals surface area contributed by atoms with E-state index >= 15 is 0 Å². The van der Waals surface area contributed by atoms with Crippen LogP contribution in [0.2, 0.25) is 0 Å². The summed E-state index contributed by atoms with van der Waals surface area (Å²) in [5, 5.41) is 2.52. The van der Waals surface area contributed by atoms with E-state index in [1.165, 1.54) is 33.0 Å². The maximum atomic E-state index is 5.08. The second-order valence-corrected chi connectivity index (χ2v) is 12.4. The Hall–Kier alpha value is -6.00. The minimum absolute atomic E-state index is 0.621. The van der Waals surface area contributed by atoms with E-state index in [0.29, 0.717) is 17.5 Å². The molecule has 2 aromatic heterocycles. The first-order valence-electron chi connectivity index (χ1n) is 17.4. The van der Waals surface area contributed by atoms with Crippen LogP contribution in [0, 0.1) is 6.92 Å². The van der Waals surface area contributed by atoms with Gasteiger partial charge in [-0.05, 0) is 107 Å². The summed E-state index contributed by atoms with van der Waals surface area (Å²) in [6.45, 7) is 8.80. The van der Waals surface area contributed by atoms with Crippen LogP contribution >= 0.6 is 0 Å². The highest BCUT2D eigenvalue weighted by atomic mass is 15.0. The van der Waals surface area contributed by atoms with Gasteiger partial charge in [0.2, 0.25) is 0 Å². The lowest BCUT2D eigenvalue weighted by atomic mass is 9.86. The number of allylic oxidation sites excluding steroid dienone is 2. The summed E-state index contributed by atoms with van der Waals surface area (Å²) in [5.74, 6) is 1.90. The van der Waals surface area contributed by atoms with E-state index in [1.54, 1.807) is 0 Å². The van der Waals surface area contributed by atoms with Gasteiger partial charge in [-0.2, -0.15) is 0 Å². The molecule has 4 nitrogen and oxygen atoms in total. The maximum absolute atomic E-state index is 5.08. The molecule has 244 valence electrons. The molecule has 4 heteroatoms. The molecule has 0 spiro atoms. The van der Waals surface area contributed by atoms with Gasteiger partial charge in [0.15, 0.2) is 17.5 Å². The molecule has 0 fully saturated rings. The summed E-state index contributed by atoms with van der Waals surface area (Å²) in [6, 6.07) is 37.8. The molecule has 0 atom stereocenters. The molecule has 0 aliphatic carbocycles. The highest BCUT2D eigenvalue weighted by Gasteiger charge is 2.17. The first-order valence-corrected chi connectivity index (χ1v) is 17.4. The summed E-state index contributed by atoms with van der Waals surface area (Å²) in [6.07, 6.45) is 14.7. The second-order valence-electron chi connectivity index (χ2n) is 12.4. The van der Waals surface area contributed by atoms with Crippen LogP contribution in [0.5, 0.6) is 0 Å². The van der Waals surface area contributed by atoms with E-state index in [0.717, 1.165) is 51.8 Å². The lowest BCUT2D eigenvalue weighted by Crippen LogP contribution is -2.00. The topological polar surface area (TPSA) is 51.6 Å². The molecule has 5 aromatic carbocycles. The zero-order chi connectivity index (χ0) is 34.5. The predicted molar refractivity (Wildman–Crippen MR) is 210 cm³/mol. The fourth-order valence-corrected chi connectivity index (χ4v) is 6.74. The molecule has 0 saturated carbocycles. The van der Waals surface area contributed by atoms with Gasteiger partial charge in [0.1, 0.15) is 0 Å². The number of hydrogen-bond acceptors (Lipinski definition) is 4. The average molecular weight is 649 g/mol. The van der Waals surface area contributed by atoms with Gasteiger partial charge in [-0.15, -0.1) is 0 Å². The van der Waals surface area contributed by atoms with E-state index in [-0.39, 0.29) is 0 Å². The van der Waals surface area contributed by atoms with Crippen LogP contribution < -0.4 is 0 Å². The van der Waals surface area contributed by atoms with Gasteiger partial charge in [-0.25, -0.2) is 15.0 Å². The van der Waals surface area contributed by atoms with Crippen molar-refractivity contribution in [3.05, 3.63) is 156 Å². The van der Waals surface area contributed by atoms with Gasteiger partial charge in [0, 0.05) is 34.6 Å². The molecule has 7 rings (SSSR count). The van der Waals surface area contributed by atoms with Crippen molar-refractivity contribution in [3.8, 4) is 56.4 Å². The number of benzene rings is 5. The first-order chi connectivity index (χ1) is 24.6. The minimum Gasteiger partial charge on any atom is -0.264 e. The molecule has 7 aromatic rings. The van der Waals surface area contributed by atoms with Gasteiger partial charge in [0.05, 0.1) is 0 Å². The van der Waals surface area contributed by atoms with E-state index < -0.39 is 0 Å². The van der Waals surface area contributed by atoms with Crippen LogP contribution in [0.1, 0.15) is 49.4 Å². The third kappa shape index (κ3) is 6.53. The van der Waals surface area contributed by atoms with Crippen molar-refractivity contribution in [2.45, 2.75) is 40.5 Å². The first kappa shape index (κ1) is 32.5. The van der Waals surface area contributed by atoms with Crippen molar-refractivity contribution in [1.82, 2.24) is 19.9 Å². The summed E-state index contributed by atoms with van der Waals surface area (Å²) < 4.78 is 0. The third-order valence-corrected chi connectivity index (χ3v) is 9.21. The van der Waals surface area contributed by atoms with Crippen molar-refractivity contribution in [2.24, 2.45) is 0 Å². The maximum Gasteiger partial charge on any atom is 0.164 e. The van der Waals surface area contributed by atoms with Crippen LogP contribution in [0.4, 0.5) is 0 Å². The van der Waals surface area contributed by atoms with Crippen LogP contribution in [-0.2, 0) is 6.42 Å². The number of fused-ring (bicyclic) bond motifs is 1. The lowest BCUT2D eigenvalue weighted by Gasteiger charge is -2.18. The van der Waals surface area contributed by atoms with Gasteiger partial charge in [0.25, 0.3) is 0 Å². The second kappa shape index (κ2) is 14.6. The van der Waals surface area contributed by atoms with Crippen LogP contribution in [0.3, 0.4) is 0 Å². The molecule has 0 radical (unpaired) electrons. The van der Waals surface area contributed by atoms with Gasteiger partial charge in [-0.1, -0.05) is 117 Å². The van der Waals surface area contributed by atoms with Crippen molar-refractivity contribution < 1.29 is 0 Å². The standard InChI is InChI=1S/C46H40N4/c1-5-8-22-40-31(4)39(7-3)41(16-6-2)43-29-34(23-24-42(40)43)36-26-37(35-21-15-25-47-30-35)28-38(27-36)46-49-44(32-17-11-9-12-18-32)48-45(50-46)33-19-13-10-14-20-33/h6,8-30H,5,7H2,1-4H3/b16-6-,22-8-. The quantitative estimate of drug-likeness (QED) is 0.156. The summed E-state index contributed by atoms with van der Waals surface area (Å²) >= 11 is 0. The van der Waals surface area contributed by atoms with E-state index in [9.17, 15) is 0 Å². The molecule has 0 amide bonds. The Kier molecular flexibility index (Phi) is 9.52. The zero-order valence-electron chi connectivity index (χ0n) is 29.1. The highest BCUT2D eigenvalue weighted by molar-refractivity contribution is 6.01. The van der Waals surface area contributed by atoms with Crippen molar-refractivity contribution in [3.63, 3.8) is 0 Å². The molecular formula is C46H40N4. The normalized spacial score (nSPS) is 11.6. The molecule has 2 heterocycles. The summed E-state index contributed by atoms with van der Waals surface area (Å²) in [7, 11) is 0. The molecule has 0 saturated heterocycles. The molecule has 0 aliphatic rings. The van der Waals surface area contributed by atoms with Gasteiger partial charge < -0.3 is 0 Å². The van der Waals surface area contributed by atoms with Crippen molar-refractivity contribution in [2.75, 3.05) is 0 Å². The minimum atomic E-state index is 0.621. The van der Waals surface area contributed by atoms with Gasteiger partial charge in [-0.3, -0.25) is 4.98 Å². The number of rotatable bonds is 9. The largest absolute Gasteiger partial charge is 0.264 e. The van der Waals surface area contributed by atoms with Crippen LogP contribution in [-0.4, -0.2) is 19.9 Å². The Balaban J connectivity index is 1.48. The lowest BCUT2D eigenvalue weighted by molar-refractivity contribution is 1.07. The van der Waals surface area contributed by atoms with Gasteiger partial charge >= 0.3 is 0 Å². The molecular weight excluding hydrogens is 609 g/mol. The number of pyridine rings is 1. The predicted octanol–water partition coefficient (Wildman–Crippen LogP) is 12.1. The Morgan fingerprint density at radius 3 is 1.72 bits per heavy atom. The SMILES string of the molecule is C/C=C\c1c(CC)c(C)c(/C=C\CC)c2ccc(-c3cc(-c4cccnc4)cc(-c4nc(-c5ccccc5)nc(-c5ccccc5)n4)c3)cc12.